The average molecular weight is 495 g/mol. The van der Waals surface area contributed by atoms with Crippen LogP contribution >= 0.6 is 11.6 Å². The van der Waals surface area contributed by atoms with Gasteiger partial charge in [-0.25, -0.2) is 9.18 Å². The van der Waals surface area contributed by atoms with Crippen molar-refractivity contribution in [1.82, 2.24) is 0 Å². The Morgan fingerprint density at radius 3 is 2.52 bits per heavy atom. The number of hydrogen-bond donors (Lipinski definition) is 1. The lowest BCUT2D eigenvalue weighted by Crippen LogP contribution is -2.39. The maximum absolute atomic E-state index is 14.0. The van der Waals surface area contributed by atoms with E-state index in [1.54, 1.807) is 0 Å². The third-order valence-electron chi connectivity index (χ3n) is 4.85. The zero-order chi connectivity index (χ0) is 24.8. The molecular weight excluding hydrogens is 472 g/mol. The molecule has 1 aliphatic heterocycles. The number of methoxy groups -OCH3 is 1. The van der Waals surface area contributed by atoms with Crippen LogP contribution in [0.25, 0.3) is 0 Å². The van der Waals surface area contributed by atoms with Crippen LogP contribution in [0, 0.1) is 5.92 Å². The summed E-state index contributed by atoms with van der Waals surface area (Å²) in [6.07, 6.45) is -4.82. The minimum atomic E-state index is -4.82. The maximum Gasteiger partial charge on any atom is 0.417 e. The predicted molar refractivity (Wildman–Crippen MR) is 112 cm³/mol. The van der Waals surface area contributed by atoms with Gasteiger partial charge in [0.1, 0.15) is 12.6 Å². The summed E-state index contributed by atoms with van der Waals surface area (Å²) in [5, 5.41) is -0.743. The Morgan fingerprint density at radius 1 is 1.27 bits per heavy atom. The highest BCUT2D eigenvalue weighted by atomic mass is 35.5. The second-order valence-corrected chi connectivity index (χ2v) is 7.22. The first kappa shape index (κ1) is 26.7. The zero-order valence-electron chi connectivity index (χ0n) is 17.9. The molecule has 2 unspecified atom stereocenters. The predicted octanol–water partition coefficient (Wildman–Crippen LogP) is 3.45. The van der Waals surface area contributed by atoms with Gasteiger partial charge in [-0.1, -0.05) is 23.7 Å². The zero-order valence-corrected chi connectivity index (χ0v) is 18.6. The average Bonchev–Trinajstić information content (AvgIpc) is 2.77. The Morgan fingerprint density at radius 2 is 1.97 bits per heavy atom. The topological polar surface area (TPSA) is 100 Å². The Bertz CT molecular complexity index is 949. The van der Waals surface area contributed by atoms with Crippen molar-refractivity contribution in [2.75, 3.05) is 40.1 Å². The molecule has 0 radical (unpaired) electrons. The molecule has 1 heterocycles. The van der Waals surface area contributed by atoms with Crippen molar-refractivity contribution in [3.8, 4) is 0 Å². The molecule has 0 saturated carbocycles. The van der Waals surface area contributed by atoms with Crippen molar-refractivity contribution in [3.63, 3.8) is 0 Å². The molecule has 12 heteroatoms. The van der Waals surface area contributed by atoms with Gasteiger partial charge in [0.15, 0.2) is 0 Å². The third-order valence-corrected chi connectivity index (χ3v) is 5.27. The fourth-order valence-electron chi connectivity index (χ4n) is 3.51. The molecule has 1 aromatic carbocycles. The van der Waals surface area contributed by atoms with Gasteiger partial charge >= 0.3 is 18.1 Å². The van der Waals surface area contributed by atoms with Gasteiger partial charge in [0, 0.05) is 12.5 Å². The van der Waals surface area contributed by atoms with Gasteiger partial charge in [0.2, 0.25) is 0 Å². The number of hydrogen-bond acceptors (Lipinski definition) is 7. The van der Waals surface area contributed by atoms with Crippen molar-refractivity contribution in [3.05, 3.63) is 45.6 Å². The summed E-state index contributed by atoms with van der Waals surface area (Å²) in [7, 11) is 1.02. The summed E-state index contributed by atoms with van der Waals surface area (Å²) >= 11 is 6.12. The van der Waals surface area contributed by atoms with Crippen molar-refractivity contribution in [2.24, 2.45) is 16.6 Å². The van der Waals surface area contributed by atoms with Gasteiger partial charge in [0.05, 0.1) is 54.5 Å². The summed E-state index contributed by atoms with van der Waals surface area (Å²) in [4.78, 5) is 29.6. The van der Waals surface area contributed by atoms with E-state index < -0.39 is 47.2 Å². The monoisotopic (exact) mass is 494 g/mol. The molecule has 0 fully saturated rings. The lowest BCUT2D eigenvalue weighted by molar-refractivity contribution is -0.144. The molecule has 1 aliphatic rings. The van der Waals surface area contributed by atoms with Crippen LogP contribution < -0.4 is 5.73 Å². The van der Waals surface area contributed by atoms with E-state index in [1.807, 2.05) is 0 Å². The van der Waals surface area contributed by atoms with Gasteiger partial charge in [-0.15, -0.1) is 0 Å². The quantitative estimate of drug-likeness (QED) is 0.321. The molecule has 182 valence electrons. The SMILES string of the molecule is CCOC(=O)C1=C(COCCN)N=C(CF)C(C(=O)OC)C1c1cccc(C(F)(F)F)c1Cl. The van der Waals surface area contributed by atoms with E-state index in [2.05, 4.69) is 4.99 Å². The van der Waals surface area contributed by atoms with Crippen molar-refractivity contribution >= 4 is 29.3 Å². The smallest absolute Gasteiger partial charge is 0.417 e. The Hall–Kier alpha value is -2.50. The van der Waals surface area contributed by atoms with Crippen LogP contribution in [0.4, 0.5) is 17.6 Å². The Labute approximate surface area is 192 Å². The molecule has 2 N–H and O–H groups in total. The molecule has 2 rings (SSSR count). The summed E-state index contributed by atoms with van der Waals surface area (Å²) in [6, 6.07) is 3.05. The lowest BCUT2D eigenvalue weighted by Gasteiger charge is -2.33. The van der Waals surface area contributed by atoms with Crippen LogP contribution in [0.5, 0.6) is 0 Å². The molecule has 0 spiro atoms. The van der Waals surface area contributed by atoms with Gasteiger partial charge in [0.25, 0.3) is 0 Å². The molecule has 1 aromatic rings. The molecule has 7 nitrogen and oxygen atoms in total. The van der Waals surface area contributed by atoms with Crippen molar-refractivity contribution in [2.45, 2.75) is 19.0 Å². The minimum absolute atomic E-state index is 0.0650. The number of aliphatic imine (C=N–C) groups is 1. The number of esters is 2. The second kappa shape index (κ2) is 11.6. The molecule has 0 bridgehead atoms. The Balaban J connectivity index is 2.85. The number of benzene rings is 1. The van der Waals surface area contributed by atoms with Crippen molar-refractivity contribution in [1.29, 1.82) is 0 Å². The summed E-state index contributed by atoms with van der Waals surface area (Å²) in [5.41, 5.74) is 3.26. The summed E-state index contributed by atoms with van der Waals surface area (Å²) in [6.45, 7) is 0.0844. The summed E-state index contributed by atoms with van der Waals surface area (Å²) < 4.78 is 69.7. The van der Waals surface area contributed by atoms with Crippen molar-refractivity contribution < 1.29 is 41.4 Å². The van der Waals surface area contributed by atoms with Crippen LogP contribution in [0.15, 0.2) is 34.5 Å². The molecule has 33 heavy (non-hydrogen) atoms. The van der Waals surface area contributed by atoms with Crippen LogP contribution in [0.2, 0.25) is 5.02 Å². The first-order valence-electron chi connectivity index (χ1n) is 9.87. The maximum atomic E-state index is 14.0. The number of rotatable bonds is 9. The first-order chi connectivity index (χ1) is 15.6. The normalized spacial score (nSPS) is 18.7. The molecule has 0 aromatic heterocycles. The highest BCUT2D eigenvalue weighted by Crippen LogP contribution is 2.46. The number of carbonyl (C=O) groups is 2. The van der Waals surface area contributed by atoms with E-state index in [4.69, 9.17) is 31.5 Å². The lowest BCUT2D eigenvalue weighted by atomic mass is 9.75. The number of alkyl halides is 4. The van der Waals surface area contributed by atoms with Crippen LogP contribution in [-0.4, -0.2) is 57.8 Å². The standard InChI is InChI=1S/C21H23ClF4N2O5/c1-3-33-20(30)17-14(10-32-8-7-27)28-13(9-23)16(19(29)31-2)15(17)11-5-4-6-12(18(11)22)21(24,25)26/h4-6,15-16H,3,7-10,27H2,1-2H3. The van der Waals surface area contributed by atoms with Crippen LogP contribution in [0.1, 0.15) is 24.0 Å². The van der Waals surface area contributed by atoms with E-state index >= 15 is 0 Å². The fourth-order valence-corrected chi connectivity index (χ4v) is 3.86. The number of nitrogens with two attached hydrogens (primary N) is 1. The van der Waals surface area contributed by atoms with Gasteiger partial charge in [-0.05, 0) is 18.6 Å². The van der Waals surface area contributed by atoms with E-state index in [-0.39, 0.29) is 48.9 Å². The third kappa shape index (κ3) is 5.90. The number of carbonyl (C=O) groups excluding carboxylic acids is 2. The molecule has 0 aliphatic carbocycles. The van der Waals surface area contributed by atoms with Crippen LogP contribution in [-0.2, 0) is 30.0 Å². The number of nitrogens with zero attached hydrogens (tertiary/aromatic N) is 1. The van der Waals surface area contributed by atoms with Crippen LogP contribution in [0.3, 0.4) is 0 Å². The molecule has 2 atom stereocenters. The second-order valence-electron chi connectivity index (χ2n) is 6.84. The highest BCUT2D eigenvalue weighted by molar-refractivity contribution is 6.32. The number of ether oxygens (including phenoxy) is 3. The fraction of sp³-hybridized carbons (Fsp3) is 0.476. The molecule has 0 saturated heterocycles. The molecular formula is C21H23ClF4N2O5. The van der Waals surface area contributed by atoms with E-state index in [0.717, 1.165) is 19.2 Å². The van der Waals surface area contributed by atoms with Gasteiger partial charge in [-0.2, -0.15) is 13.2 Å². The highest BCUT2D eigenvalue weighted by Gasteiger charge is 2.46. The Kier molecular flexibility index (Phi) is 9.38. The number of halogens is 5. The van der Waals surface area contributed by atoms with E-state index in [1.165, 1.54) is 13.0 Å². The molecule has 0 amide bonds. The van der Waals surface area contributed by atoms with E-state index in [9.17, 15) is 27.2 Å². The van der Waals surface area contributed by atoms with Gasteiger partial charge < -0.3 is 19.9 Å². The largest absolute Gasteiger partial charge is 0.468 e. The minimum Gasteiger partial charge on any atom is -0.468 e. The summed E-state index contributed by atoms with van der Waals surface area (Å²) in [5.74, 6) is -4.99. The first-order valence-corrected chi connectivity index (χ1v) is 10.2. The van der Waals surface area contributed by atoms with E-state index in [0.29, 0.717) is 0 Å². The van der Waals surface area contributed by atoms with Gasteiger partial charge in [-0.3, -0.25) is 9.79 Å².